The lowest BCUT2D eigenvalue weighted by molar-refractivity contribution is 0.288. The van der Waals surface area contributed by atoms with Crippen LogP contribution in [0.3, 0.4) is 0 Å². The number of H-pyrrole nitrogens is 1. The molecule has 0 fully saturated rings. The van der Waals surface area contributed by atoms with Crippen molar-refractivity contribution in [2.24, 2.45) is 0 Å². The van der Waals surface area contributed by atoms with Crippen molar-refractivity contribution in [3.05, 3.63) is 71.9 Å². The third-order valence-corrected chi connectivity index (χ3v) is 4.15. The highest BCUT2D eigenvalue weighted by Crippen LogP contribution is 2.19. The first-order valence-corrected chi connectivity index (χ1v) is 7.73. The zero-order valence-electron chi connectivity index (χ0n) is 13.2. The molecule has 0 spiro atoms. The summed E-state index contributed by atoms with van der Waals surface area (Å²) in [5.74, 6) is 0. The van der Waals surface area contributed by atoms with Gasteiger partial charge in [-0.25, -0.2) is 0 Å². The van der Waals surface area contributed by atoms with Crippen molar-refractivity contribution in [3.8, 4) is 0 Å². The van der Waals surface area contributed by atoms with Gasteiger partial charge in [-0.1, -0.05) is 42.5 Å². The predicted molar refractivity (Wildman–Crippen MR) is 92.9 cm³/mol. The van der Waals surface area contributed by atoms with Crippen LogP contribution in [-0.4, -0.2) is 30.5 Å². The lowest BCUT2D eigenvalue weighted by atomic mass is 10.1. The van der Waals surface area contributed by atoms with Gasteiger partial charge in [0.1, 0.15) is 0 Å². The molecule has 0 radical (unpaired) electrons. The molecular formula is C19H23N3. The Kier molecular flexibility index (Phi) is 4.56. The number of nitrogens with one attached hydrogen (secondary N) is 2. The van der Waals surface area contributed by atoms with E-state index in [-0.39, 0.29) is 0 Å². The highest BCUT2D eigenvalue weighted by molar-refractivity contribution is 5.82. The van der Waals surface area contributed by atoms with Gasteiger partial charge in [-0.2, -0.15) is 0 Å². The van der Waals surface area contributed by atoms with Gasteiger partial charge in [-0.3, -0.25) is 0 Å². The Hall–Kier alpha value is -2.10. The minimum absolute atomic E-state index is 0.381. The van der Waals surface area contributed by atoms with E-state index in [1.54, 1.807) is 0 Å². The second kappa shape index (κ2) is 6.77. The van der Waals surface area contributed by atoms with Crippen molar-refractivity contribution in [2.75, 3.05) is 20.6 Å². The minimum Gasteiger partial charge on any atom is -0.361 e. The third kappa shape index (κ3) is 3.21. The van der Waals surface area contributed by atoms with Crippen LogP contribution in [0, 0.1) is 0 Å². The van der Waals surface area contributed by atoms with Gasteiger partial charge in [0.25, 0.3) is 0 Å². The summed E-state index contributed by atoms with van der Waals surface area (Å²) in [5.41, 5.74) is 3.88. The largest absolute Gasteiger partial charge is 0.361 e. The van der Waals surface area contributed by atoms with Crippen LogP contribution in [0.1, 0.15) is 17.2 Å². The average molecular weight is 293 g/mol. The summed E-state index contributed by atoms with van der Waals surface area (Å²) in [5, 5.41) is 4.91. The Morgan fingerprint density at radius 3 is 2.59 bits per heavy atom. The number of rotatable bonds is 6. The van der Waals surface area contributed by atoms with Gasteiger partial charge in [-0.05, 0) is 37.4 Å². The molecule has 0 bridgehead atoms. The lowest BCUT2D eigenvalue weighted by Gasteiger charge is -2.25. The maximum absolute atomic E-state index is 3.61. The predicted octanol–water partition coefficient (Wildman–Crippen LogP) is 3.56. The standard InChI is InChI=1S/C19H23N3/c1-22(2)19(15-7-4-3-5-8-15)14-20-13-16-9-6-10-18-17(16)11-12-21-18/h3-12,19-21H,13-14H2,1-2H3. The topological polar surface area (TPSA) is 31.1 Å². The van der Waals surface area contributed by atoms with Crippen LogP contribution < -0.4 is 5.32 Å². The van der Waals surface area contributed by atoms with E-state index in [2.05, 4.69) is 83.9 Å². The first-order valence-electron chi connectivity index (χ1n) is 7.73. The maximum atomic E-state index is 3.61. The SMILES string of the molecule is CN(C)C(CNCc1cccc2[nH]ccc12)c1ccccc1. The molecule has 0 amide bonds. The Bertz CT molecular complexity index is 716. The summed E-state index contributed by atoms with van der Waals surface area (Å²) in [6.07, 6.45) is 2.00. The molecule has 114 valence electrons. The van der Waals surface area contributed by atoms with Crippen LogP contribution in [0.2, 0.25) is 0 Å². The van der Waals surface area contributed by atoms with Crippen LogP contribution in [0.25, 0.3) is 10.9 Å². The molecule has 1 aromatic heterocycles. The fourth-order valence-electron chi connectivity index (χ4n) is 2.92. The molecule has 3 nitrogen and oxygen atoms in total. The van der Waals surface area contributed by atoms with Crippen molar-refractivity contribution in [3.63, 3.8) is 0 Å². The molecule has 1 heterocycles. The molecule has 22 heavy (non-hydrogen) atoms. The van der Waals surface area contributed by atoms with Gasteiger partial charge in [0, 0.05) is 36.2 Å². The number of fused-ring (bicyclic) bond motifs is 1. The van der Waals surface area contributed by atoms with E-state index in [1.807, 2.05) is 6.20 Å². The molecule has 3 heteroatoms. The summed E-state index contributed by atoms with van der Waals surface area (Å²) >= 11 is 0. The molecule has 0 aliphatic carbocycles. The maximum Gasteiger partial charge on any atom is 0.0466 e. The number of hydrogen-bond donors (Lipinski definition) is 2. The average Bonchev–Trinajstić information content (AvgIpc) is 3.01. The summed E-state index contributed by atoms with van der Waals surface area (Å²) in [6.45, 7) is 1.81. The smallest absolute Gasteiger partial charge is 0.0466 e. The zero-order chi connectivity index (χ0) is 15.4. The molecule has 0 aliphatic heterocycles. The number of aromatic nitrogens is 1. The molecule has 2 aromatic carbocycles. The van der Waals surface area contributed by atoms with Gasteiger partial charge in [-0.15, -0.1) is 0 Å². The summed E-state index contributed by atoms with van der Waals surface area (Å²) in [4.78, 5) is 5.53. The van der Waals surface area contributed by atoms with Gasteiger partial charge >= 0.3 is 0 Å². The molecule has 0 saturated carbocycles. The number of likely N-dealkylation sites (N-methyl/N-ethyl adjacent to an activating group) is 1. The third-order valence-electron chi connectivity index (χ3n) is 4.15. The van der Waals surface area contributed by atoms with E-state index >= 15 is 0 Å². The van der Waals surface area contributed by atoms with Gasteiger partial charge in [0.15, 0.2) is 0 Å². The number of hydrogen-bond acceptors (Lipinski definition) is 2. The highest BCUT2D eigenvalue weighted by Gasteiger charge is 2.13. The Morgan fingerprint density at radius 2 is 1.82 bits per heavy atom. The van der Waals surface area contributed by atoms with Crippen molar-refractivity contribution in [1.82, 2.24) is 15.2 Å². The number of benzene rings is 2. The molecule has 1 atom stereocenters. The Balaban J connectivity index is 1.67. The second-order valence-electron chi connectivity index (χ2n) is 5.88. The molecule has 0 saturated heterocycles. The van der Waals surface area contributed by atoms with Crippen molar-refractivity contribution < 1.29 is 0 Å². The molecule has 2 N–H and O–H groups in total. The zero-order valence-corrected chi connectivity index (χ0v) is 13.2. The van der Waals surface area contributed by atoms with E-state index in [1.165, 1.54) is 22.0 Å². The molecule has 3 aromatic rings. The summed E-state index contributed by atoms with van der Waals surface area (Å²) in [7, 11) is 4.26. The Morgan fingerprint density at radius 1 is 1.00 bits per heavy atom. The monoisotopic (exact) mass is 293 g/mol. The van der Waals surface area contributed by atoms with Gasteiger partial charge < -0.3 is 15.2 Å². The van der Waals surface area contributed by atoms with Crippen LogP contribution in [0.5, 0.6) is 0 Å². The van der Waals surface area contributed by atoms with Crippen molar-refractivity contribution >= 4 is 10.9 Å². The molecule has 1 unspecified atom stereocenters. The Labute approximate surface area is 132 Å². The quantitative estimate of drug-likeness (QED) is 0.728. The minimum atomic E-state index is 0.381. The normalized spacial score (nSPS) is 12.9. The molecule has 0 aliphatic rings. The van der Waals surface area contributed by atoms with Gasteiger partial charge in [0.2, 0.25) is 0 Å². The van der Waals surface area contributed by atoms with Crippen LogP contribution in [0.4, 0.5) is 0 Å². The van der Waals surface area contributed by atoms with Crippen LogP contribution in [-0.2, 0) is 6.54 Å². The van der Waals surface area contributed by atoms with E-state index in [4.69, 9.17) is 0 Å². The van der Waals surface area contributed by atoms with Gasteiger partial charge in [0.05, 0.1) is 0 Å². The lowest BCUT2D eigenvalue weighted by Crippen LogP contribution is -2.30. The van der Waals surface area contributed by atoms with Crippen molar-refractivity contribution in [1.29, 1.82) is 0 Å². The van der Waals surface area contributed by atoms with Crippen LogP contribution in [0.15, 0.2) is 60.8 Å². The first kappa shape index (κ1) is 14.8. The van der Waals surface area contributed by atoms with E-state index in [9.17, 15) is 0 Å². The van der Waals surface area contributed by atoms with E-state index < -0.39 is 0 Å². The highest BCUT2D eigenvalue weighted by atomic mass is 15.1. The fourth-order valence-corrected chi connectivity index (χ4v) is 2.92. The molecule has 3 rings (SSSR count). The number of nitrogens with zero attached hydrogens (tertiary/aromatic N) is 1. The van der Waals surface area contributed by atoms with Crippen molar-refractivity contribution in [2.45, 2.75) is 12.6 Å². The summed E-state index contributed by atoms with van der Waals surface area (Å²) < 4.78 is 0. The summed E-state index contributed by atoms with van der Waals surface area (Å²) in [6, 6.07) is 19.6. The fraction of sp³-hybridized carbons (Fsp3) is 0.263. The van der Waals surface area contributed by atoms with Crippen LogP contribution >= 0.6 is 0 Å². The second-order valence-corrected chi connectivity index (χ2v) is 5.88. The number of aromatic amines is 1. The van der Waals surface area contributed by atoms with E-state index in [0.717, 1.165) is 13.1 Å². The van der Waals surface area contributed by atoms with E-state index in [0.29, 0.717) is 6.04 Å². The first-order chi connectivity index (χ1) is 10.8. The molecular weight excluding hydrogens is 270 g/mol.